The smallest absolute Gasteiger partial charge is 0.114 e. The number of piperidine rings is 1. The van der Waals surface area contributed by atoms with Crippen molar-refractivity contribution in [1.29, 1.82) is 0 Å². The molecular formula is C8H19Br3N4. The maximum atomic E-state index is 5.90. The van der Waals surface area contributed by atoms with Crippen LogP contribution >= 0.6 is 50.9 Å². The van der Waals surface area contributed by atoms with Gasteiger partial charge in [-0.1, -0.05) is 0 Å². The third kappa shape index (κ3) is 3.96. The van der Waals surface area contributed by atoms with Gasteiger partial charge in [0.2, 0.25) is 0 Å². The first kappa shape index (κ1) is 18.2. The Balaban J connectivity index is 0. The summed E-state index contributed by atoms with van der Waals surface area (Å²) in [5.41, 5.74) is 5.94. The summed E-state index contributed by atoms with van der Waals surface area (Å²) in [4.78, 5) is 4.31. The van der Waals surface area contributed by atoms with Crippen molar-refractivity contribution in [2.24, 2.45) is 10.7 Å². The van der Waals surface area contributed by atoms with Crippen molar-refractivity contribution < 1.29 is 0 Å². The van der Waals surface area contributed by atoms with Gasteiger partial charge in [-0.15, -0.1) is 50.9 Å². The lowest BCUT2D eigenvalue weighted by atomic mass is 9.86. The van der Waals surface area contributed by atoms with Crippen molar-refractivity contribution in [3.8, 4) is 0 Å². The summed E-state index contributed by atoms with van der Waals surface area (Å²) in [5.74, 6) is 0.815. The average molecular weight is 411 g/mol. The minimum Gasteiger partial charge on any atom is -0.386 e. The summed E-state index contributed by atoms with van der Waals surface area (Å²) in [6.07, 6.45) is 2.14. The molecule has 92 valence electrons. The summed E-state index contributed by atoms with van der Waals surface area (Å²) in [6, 6.07) is 0. The van der Waals surface area contributed by atoms with E-state index in [-0.39, 0.29) is 56.5 Å². The second-order valence-electron chi connectivity index (χ2n) is 3.53. The van der Waals surface area contributed by atoms with Crippen LogP contribution in [0.25, 0.3) is 0 Å². The highest BCUT2D eigenvalue weighted by molar-refractivity contribution is 8.93. The summed E-state index contributed by atoms with van der Waals surface area (Å²) in [7, 11) is 0. The number of amidine groups is 1. The Labute approximate surface area is 122 Å². The van der Waals surface area contributed by atoms with Crippen LogP contribution in [0.5, 0.6) is 0 Å². The second kappa shape index (κ2) is 8.00. The molecular weight excluding hydrogens is 392 g/mol. The average Bonchev–Trinajstić information content (AvgIpc) is 2.12. The van der Waals surface area contributed by atoms with Gasteiger partial charge in [-0.25, -0.2) is 0 Å². The van der Waals surface area contributed by atoms with Crippen LogP contribution in [0.1, 0.15) is 12.8 Å². The van der Waals surface area contributed by atoms with Gasteiger partial charge in [0.25, 0.3) is 0 Å². The number of nitrogens with one attached hydrogen (secondary N) is 2. The molecule has 0 radical (unpaired) electrons. The van der Waals surface area contributed by atoms with Crippen LogP contribution in [0.4, 0.5) is 0 Å². The van der Waals surface area contributed by atoms with Crippen LogP contribution in [-0.4, -0.2) is 37.6 Å². The topological polar surface area (TPSA) is 62.4 Å². The third-order valence-corrected chi connectivity index (χ3v) is 2.80. The largest absolute Gasteiger partial charge is 0.386 e. The molecule has 0 atom stereocenters. The molecule has 7 heteroatoms. The van der Waals surface area contributed by atoms with Crippen LogP contribution in [0.15, 0.2) is 4.99 Å². The van der Waals surface area contributed by atoms with E-state index in [2.05, 4.69) is 15.6 Å². The molecule has 0 bridgehead atoms. The van der Waals surface area contributed by atoms with E-state index in [1.54, 1.807) is 0 Å². The number of nitrogens with two attached hydrogens (primary N) is 1. The number of hydrogen-bond donors (Lipinski definition) is 3. The van der Waals surface area contributed by atoms with E-state index in [1.165, 1.54) is 0 Å². The van der Waals surface area contributed by atoms with Gasteiger partial charge in [0.05, 0.1) is 12.1 Å². The molecule has 15 heavy (non-hydrogen) atoms. The maximum absolute atomic E-state index is 5.90. The Morgan fingerprint density at radius 3 is 2.20 bits per heavy atom. The lowest BCUT2D eigenvalue weighted by Crippen LogP contribution is -2.62. The number of aliphatic imine (C=N–C) groups is 1. The van der Waals surface area contributed by atoms with Gasteiger partial charge in [0.15, 0.2) is 0 Å². The maximum Gasteiger partial charge on any atom is 0.114 e. The molecule has 4 N–H and O–H groups in total. The van der Waals surface area contributed by atoms with Crippen molar-refractivity contribution in [1.82, 2.24) is 10.6 Å². The molecule has 2 aliphatic rings. The van der Waals surface area contributed by atoms with Gasteiger partial charge in [0.1, 0.15) is 5.84 Å². The Morgan fingerprint density at radius 1 is 1.07 bits per heavy atom. The molecule has 4 nitrogen and oxygen atoms in total. The fourth-order valence-electron chi connectivity index (χ4n) is 2.00. The predicted octanol–water partition coefficient (Wildman–Crippen LogP) is 0.803. The molecule has 0 aromatic heterocycles. The molecule has 0 aliphatic carbocycles. The zero-order chi connectivity index (χ0) is 8.44. The van der Waals surface area contributed by atoms with Gasteiger partial charge >= 0.3 is 0 Å². The first-order valence-electron chi connectivity index (χ1n) is 4.60. The Bertz CT molecular complexity index is 204. The first-order valence-corrected chi connectivity index (χ1v) is 4.60. The molecule has 0 saturated carbocycles. The second-order valence-corrected chi connectivity index (χ2v) is 3.53. The minimum absolute atomic E-state index is 0. The number of halogens is 3. The summed E-state index contributed by atoms with van der Waals surface area (Å²) >= 11 is 0. The number of rotatable bonds is 0. The molecule has 0 amide bonds. The quantitative estimate of drug-likeness (QED) is 0.553. The molecule has 0 aromatic carbocycles. The van der Waals surface area contributed by atoms with E-state index < -0.39 is 0 Å². The van der Waals surface area contributed by atoms with E-state index in [4.69, 9.17) is 5.73 Å². The fourth-order valence-corrected chi connectivity index (χ4v) is 2.00. The highest BCUT2D eigenvalue weighted by Crippen LogP contribution is 2.20. The molecule has 2 heterocycles. The molecule has 0 unspecified atom stereocenters. The van der Waals surface area contributed by atoms with E-state index in [1.807, 2.05) is 0 Å². The molecule has 2 rings (SSSR count). The van der Waals surface area contributed by atoms with Gasteiger partial charge in [-0.05, 0) is 25.9 Å². The Hall–Kier alpha value is 0.830. The Kier molecular flexibility index (Phi) is 9.71. The predicted molar refractivity (Wildman–Crippen MR) is 80.3 cm³/mol. The standard InChI is InChI=1S/C8H16N4.3BrH/c9-7-8(12-6-5-11-7)1-3-10-4-2-8;;;/h10,12H,1-6H2,(H2,9,11);3*1H. The zero-order valence-electron chi connectivity index (χ0n) is 8.49. The van der Waals surface area contributed by atoms with Crippen LogP contribution in [0.3, 0.4) is 0 Å². The lowest BCUT2D eigenvalue weighted by molar-refractivity contribution is 0.316. The fraction of sp³-hybridized carbons (Fsp3) is 0.875. The van der Waals surface area contributed by atoms with Crippen molar-refractivity contribution >= 4 is 56.8 Å². The highest BCUT2D eigenvalue weighted by Gasteiger charge is 2.36. The molecule has 1 spiro atoms. The summed E-state index contributed by atoms with van der Waals surface area (Å²) in [5, 5.41) is 6.81. The molecule has 1 fully saturated rings. The number of nitrogens with zero attached hydrogens (tertiary/aromatic N) is 1. The molecule has 1 saturated heterocycles. The van der Waals surface area contributed by atoms with Gasteiger partial charge < -0.3 is 16.4 Å². The molecule has 0 aromatic rings. The van der Waals surface area contributed by atoms with Crippen molar-refractivity contribution in [3.05, 3.63) is 0 Å². The van der Waals surface area contributed by atoms with Gasteiger partial charge in [0, 0.05) is 6.54 Å². The number of hydrogen-bond acceptors (Lipinski definition) is 4. The van der Waals surface area contributed by atoms with Crippen LogP contribution in [0.2, 0.25) is 0 Å². The Morgan fingerprint density at radius 2 is 1.67 bits per heavy atom. The SMILES string of the molecule is Br.Br.Br.NC1=NCCNC12CCNCC2. The van der Waals surface area contributed by atoms with Gasteiger partial charge in [-0.2, -0.15) is 0 Å². The highest BCUT2D eigenvalue weighted by atomic mass is 79.9. The first-order chi connectivity index (χ1) is 5.83. The van der Waals surface area contributed by atoms with E-state index in [9.17, 15) is 0 Å². The normalized spacial score (nSPS) is 22.8. The summed E-state index contributed by atoms with van der Waals surface area (Å²) < 4.78 is 0. The van der Waals surface area contributed by atoms with Crippen molar-refractivity contribution in [2.75, 3.05) is 26.2 Å². The lowest BCUT2D eigenvalue weighted by Gasteiger charge is -2.40. The monoisotopic (exact) mass is 408 g/mol. The van der Waals surface area contributed by atoms with Crippen LogP contribution in [-0.2, 0) is 0 Å². The van der Waals surface area contributed by atoms with E-state index in [0.717, 1.165) is 44.9 Å². The van der Waals surface area contributed by atoms with Gasteiger partial charge in [-0.3, -0.25) is 4.99 Å². The van der Waals surface area contributed by atoms with Crippen molar-refractivity contribution in [3.63, 3.8) is 0 Å². The third-order valence-electron chi connectivity index (χ3n) is 2.80. The summed E-state index contributed by atoms with van der Waals surface area (Å²) in [6.45, 7) is 3.90. The zero-order valence-corrected chi connectivity index (χ0v) is 13.6. The van der Waals surface area contributed by atoms with E-state index >= 15 is 0 Å². The van der Waals surface area contributed by atoms with Crippen LogP contribution in [0, 0.1) is 0 Å². The van der Waals surface area contributed by atoms with E-state index in [0.29, 0.717) is 0 Å². The molecule has 2 aliphatic heterocycles. The van der Waals surface area contributed by atoms with Crippen molar-refractivity contribution in [2.45, 2.75) is 18.4 Å². The van der Waals surface area contributed by atoms with Crippen LogP contribution < -0.4 is 16.4 Å². The minimum atomic E-state index is 0.